The number of nitro benzene ring substituents is 1. The molecule has 1 heterocycles. The number of nitrogens with one attached hydrogen (secondary N) is 2. The number of carbonyl (C=O) groups excluding carboxylic acids is 1. The summed E-state index contributed by atoms with van der Waals surface area (Å²) >= 11 is 0. The van der Waals surface area contributed by atoms with E-state index in [0.717, 1.165) is 5.56 Å². The lowest BCUT2D eigenvalue weighted by Gasteiger charge is -2.23. The minimum atomic E-state index is -0.447. The van der Waals surface area contributed by atoms with Crippen molar-refractivity contribution in [3.8, 4) is 0 Å². The fourth-order valence-corrected chi connectivity index (χ4v) is 2.38. The molecule has 0 saturated carbocycles. The molecule has 0 radical (unpaired) electrons. The molecule has 2 rings (SSSR count). The highest BCUT2D eigenvalue weighted by Crippen LogP contribution is 2.34. The zero-order valence-electron chi connectivity index (χ0n) is 12.2. The maximum absolute atomic E-state index is 11.4. The van der Waals surface area contributed by atoms with Crippen LogP contribution in [0.5, 0.6) is 0 Å². The molecule has 1 aliphatic heterocycles. The van der Waals surface area contributed by atoms with Crippen LogP contribution in [0.25, 0.3) is 0 Å². The van der Waals surface area contributed by atoms with Gasteiger partial charge in [-0.2, -0.15) is 0 Å². The summed E-state index contributed by atoms with van der Waals surface area (Å²) in [5.41, 5.74) is 7.56. The molecule has 1 unspecified atom stereocenters. The van der Waals surface area contributed by atoms with Gasteiger partial charge in [-0.05, 0) is 24.0 Å². The van der Waals surface area contributed by atoms with Crippen LogP contribution < -0.4 is 16.4 Å². The van der Waals surface area contributed by atoms with E-state index < -0.39 is 4.92 Å². The number of hydrogen-bond acceptors (Lipinski definition) is 5. The van der Waals surface area contributed by atoms with Crippen molar-refractivity contribution in [2.45, 2.75) is 32.7 Å². The van der Waals surface area contributed by atoms with Crippen LogP contribution in [0.2, 0.25) is 0 Å². The summed E-state index contributed by atoms with van der Waals surface area (Å²) in [6.07, 6.45) is 0.984. The van der Waals surface area contributed by atoms with Gasteiger partial charge in [0.2, 0.25) is 5.91 Å². The molecule has 0 aromatic heterocycles. The lowest BCUT2D eigenvalue weighted by atomic mass is 9.99. The van der Waals surface area contributed by atoms with E-state index in [1.54, 1.807) is 6.07 Å². The first-order valence-electron chi connectivity index (χ1n) is 7.00. The molecule has 1 aromatic carbocycles. The van der Waals surface area contributed by atoms with Gasteiger partial charge in [-0.15, -0.1) is 0 Å². The molecular weight excluding hydrogens is 272 g/mol. The minimum Gasteiger partial charge on any atom is -0.375 e. The lowest BCUT2D eigenvalue weighted by molar-refractivity contribution is -0.383. The quantitative estimate of drug-likeness (QED) is 0.567. The van der Waals surface area contributed by atoms with E-state index in [2.05, 4.69) is 10.6 Å². The fourth-order valence-electron chi connectivity index (χ4n) is 2.38. The normalized spacial score (nSPS) is 15.3. The van der Waals surface area contributed by atoms with Crippen LogP contribution in [0.15, 0.2) is 12.1 Å². The number of amides is 1. The molecule has 0 saturated heterocycles. The van der Waals surface area contributed by atoms with Crippen molar-refractivity contribution >= 4 is 23.0 Å². The summed E-state index contributed by atoms with van der Waals surface area (Å²) in [6, 6.07) is 3.13. The Labute approximate surface area is 123 Å². The number of carbonyl (C=O) groups is 1. The first-order chi connectivity index (χ1) is 9.92. The summed E-state index contributed by atoms with van der Waals surface area (Å²) in [5, 5.41) is 17.1. The molecule has 1 aromatic rings. The van der Waals surface area contributed by atoms with E-state index in [0.29, 0.717) is 30.8 Å². The predicted molar refractivity (Wildman–Crippen MR) is 81.4 cm³/mol. The van der Waals surface area contributed by atoms with Gasteiger partial charge in [-0.25, -0.2) is 0 Å². The molecule has 0 aliphatic carbocycles. The molecule has 7 heteroatoms. The topological polar surface area (TPSA) is 110 Å². The fraction of sp³-hybridized carbons (Fsp3) is 0.500. The molecule has 4 N–H and O–H groups in total. The standard InChI is InChI=1S/C14H20N4O3/c1-8(2)12(7-15)16-11-5-9-3-4-14(19)17-10(9)6-13(11)18(20)21/h5-6,8,12,16H,3-4,7,15H2,1-2H3,(H,17,19). The summed E-state index contributed by atoms with van der Waals surface area (Å²) < 4.78 is 0. The maximum Gasteiger partial charge on any atom is 0.294 e. The maximum atomic E-state index is 11.4. The highest BCUT2D eigenvalue weighted by atomic mass is 16.6. The van der Waals surface area contributed by atoms with E-state index >= 15 is 0 Å². The molecule has 21 heavy (non-hydrogen) atoms. The second kappa shape index (κ2) is 6.09. The Morgan fingerprint density at radius 3 is 2.71 bits per heavy atom. The first kappa shape index (κ1) is 15.2. The number of nitro groups is 1. The molecular formula is C14H20N4O3. The minimum absolute atomic E-state index is 0.0417. The van der Waals surface area contributed by atoms with Gasteiger partial charge in [-0.3, -0.25) is 14.9 Å². The van der Waals surface area contributed by atoms with Gasteiger partial charge >= 0.3 is 0 Å². The van der Waals surface area contributed by atoms with E-state index in [1.807, 2.05) is 13.8 Å². The van der Waals surface area contributed by atoms with E-state index in [9.17, 15) is 14.9 Å². The van der Waals surface area contributed by atoms with Gasteiger partial charge in [0, 0.05) is 25.1 Å². The van der Waals surface area contributed by atoms with Crippen LogP contribution in [0.4, 0.5) is 17.1 Å². The zero-order valence-corrected chi connectivity index (χ0v) is 12.2. The van der Waals surface area contributed by atoms with Crippen LogP contribution in [0.1, 0.15) is 25.8 Å². The third kappa shape index (κ3) is 3.30. The van der Waals surface area contributed by atoms with Crippen molar-refractivity contribution in [1.82, 2.24) is 0 Å². The van der Waals surface area contributed by atoms with Gasteiger partial charge in [0.1, 0.15) is 5.69 Å². The van der Waals surface area contributed by atoms with Gasteiger partial charge in [-0.1, -0.05) is 13.8 Å². The van der Waals surface area contributed by atoms with E-state index in [4.69, 9.17) is 5.73 Å². The number of rotatable bonds is 5. The Morgan fingerprint density at radius 2 is 2.14 bits per heavy atom. The predicted octanol–water partition coefficient (Wildman–Crippen LogP) is 1.87. The van der Waals surface area contributed by atoms with Crippen LogP contribution in [-0.4, -0.2) is 23.4 Å². The Bertz CT molecular complexity index is 572. The number of aryl methyl sites for hydroxylation is 1. The number of fused-ring (bicyclic) bond motifs is 1. The molecule has 0 spiro atoms. The molecule has 7 nitrogen and oxygen atoms in total. The van der Waals surface area contributed by atoms with E-state index in [-0.39, 0.29) is 23.6 Å². The molecule has 1 amide bonds. The Balaban J connectivity index is 2.40. The summed E-state index contributed by atoms with van der Waals surface area (Å²) in [4.78, 5) is 22.2. The van der Waals surface area contributed by atoms with Crippen molar-refractivity contribution < 1.29 is 9.72 Å². The monoisotopic (exact) mass is 292 g/mol. The van der Waals surface area contributed by atoms with Crippen molar-refractivity contribution in [3.05, 3.63) is 27.8 Å². The largest absolute Gasteiger partial charge is 0.375 e. The number of nitrogens with two attached hydrogens (primary N) is 1. The smallest absolute Gasteiger partial charge is 0.294 e. The molecule has 0 fully saturated rings. The van der Waals surface area contributed by atoms with Crippen molar-refractivity contribution in [2.24, 2.45) is 11.7 Å². The molecule has 1 atom stereocenters. The molecule has 0 bridgehead atoms. The van der Waals surface area contributed by atoms with Crippen molar-refractivity contribution in [2.75, 3.05) is 17.2 Å². The Morgan fingerprint density at radius 1 is 1.43 bits per heavy atom. The first-order valence-corrected chi connectivity index (χ1v) is 7.00. The highest BCUT2D eigenvalue weighted by molar-refractivity contribution is 5.95. The van der Waals surface area contributed by atoms with Crippen molar-refractivity contribution in [3.63, 3.8) is 0 Å². The number of benzene rings is 1. The molecule has 114 valence electrons. The van der Waals surface area contributed by atoms with Crippen LogP contribution in [-0.2, 0) is 11.2 Å². The lowest BCUT2D eigenvalue weighted by Crippen LogP contribution is -2.34. The number of nitrogens with zero attached hydrogens (tertiary/aromatic N) is 1. The number of anilines is 2. The number of hydrogen-bond donors (Lipinski definition) is 3. The van der Waals surface area contributed by atoms with Gasteiger partial charge in [0.15, 0.2) is 0 Å². The van der Waals surface area contributed by atoms with Gasteiger partial charge < -0.3 is 16.4 Å². The van der Waals surface area contributed by atoms with Gasteiger partial charge in [0.25, 0.3) is 5.69 Å². The highest BCUT2D eigenvalue weighted by Gasteiger charge is 2.24. The second-order valence-corrected chi connectivity index (χ2v) is 5.56. The van der Waals surface area contributed by atoms with Crippen LogP contribution >= 0.6 is 0 Å². The summed E-state index contributed by atoms with van der Waals surface area (Å²) in [7, 11) is 0. The average molecular weight is 292 g/mol. The molecule has 1 aliphatic rings. The van der Waals surface area contributed by atoms with E-state index in [1.165, 1.54) is 6.07 Å². The third-order valence-electron chi connectivity index (χ3n) is 3.71. The van der Waals surface area contributed by atoms with Gasteiger partial charge in [0.05, 0.1) is 10.6 Å². The third-order valence-corrected chi connectivity index (χ3v) is 3.71. The van der Waals surface area contributed by atoms with Crippen molar-refractivity contribution in [1.29, 1.82) is 0 Å². The average Bonchev–Trinajstić information content (AvgIpc) is 2.43. The van der Waals surface area contributed by atoms with Crippen LogP contribution in [0.3, 0.4) is 0 Å². The Kier molecular flexibility index (Phi) is 4.42. The zero-order chi connectivity index (χ0) is 15.6. The SMILES string of the molecule is CC(C)C(CN)Nc1cc2c(cc1[N+](=O)[O-])NC(=O)CC2. The second-order valence-electron chi connectivity index (χ2n) is 5.56. The van der Waals surface area contributed by atoms with Crippen LogP contribution in [0, 0.1) is 16.0 Å². The Hall–Kier alpha value is -2.15. The summed E-state index contributed by atoms with van der Waals surface area (Å²) in [6.45, 7) is 4.41. The summed E-state index contributed by atoms with van der Waals surface area (Å²) in [5.74, 6) is 0.143.